The third-order valence-electron chi connectivity index (χ3n) is 11.2. The molecule has 1 aliphatic heterocycles. The fourth-order valence-corrected chi connectivity index (χ4v) is 7.73. The number of carbonyl (C=O) groups is 6. The normalized spacial score (nSPS) is 16.1. The number of aryl methyl sites for hydroxylation is 3. The summed E-state index contributed by atoms with van der Waals surface area (Å²) in [5, 5.41) is 1.69. The molecule has 65 heavy (non-hydrogen) atoms. The van der Waals surface area contributed by atoms with Crippen molar-refractivity contribution in [1.82, 2.24) is 4.90 Å². The zero-order chi connectivity index (χ0) is 46.7. The lowest BCUT2D eigenvalue weighted by Crippen LogP contribution is -2.31. The number of hydrogen-bond donors (Lipinski definition) is 0. The lowest BCUT2D eigenvalue weighted by atomic mass is 9.87. The fourth-order valence-electron chi connectivity index (χ4n) is 7.73. The van der Waals surface area contributed by atoms with Crippen molar-refractivity contribution in [1.29, 1.82) is 0 Å². The van der Waals surface area contributed by atoms with E-state index in [0.29, 0.717) is 69.3 Å². The van der Waals surface area contributed by atoms with Crippen LogP contribution >= 0.6 is 0 Å². The molecular formula is C50H50F3NO11. The van der Waals surface area contributed by atoms with Crippen molar-refractivity contribution >= 4 is 46.8 Å². The number of imide groups is 1. The summed E-state index contributed by atoms with van der Waals surface area (Å²) >= 11 is 0. The molecule has 0 aromatic heterocycles. The van der Waals surface area contributed by atoms with Gasteiger partial charge in [-0.3, -0.25) is 28.9 Å². The van der Waals surface area contributed by atoms with Gasteiger partial charge < -0.3 is 23.7 Å². The molecule has 15 heteroatoms. The first-order chi connectivity index (χ1) is 31.1. The maximum Gasteiger partial charge on any atom is 0.422 e. The molecule has 4 aromatic carbocycles. The van der Waals surface area contributed by atoms with Gasteiger partial charge in [0.25, 0.3) is 11.8 Å². The molecule has 1 saturated carbocycles. The standard InChI is InChI=1S/C50H50F3NO11/c1-4-6-38-27-39(28-40(30-55)47(38)65-46(58)20-8-33-7-17-43(31(2)25-33)62-22-5-21-54-44(56)18-19-45(54)57)36-9-10-37-29-42(16-13-35(37)26-36)64-49(60)34-11-14-41(15-12-34)61-23-24-63-48(59)32(3)50(51,52)53/h7,9-10,13,16-19,25-30,34,41H,3-6,8,11-12,14-15,20-24H2,1-2H3. The van der Waals surface area contributed by atoms with Crippen LogP contribution in [0.2, 0.25) is 0 Å². The molecule has 0 radical (unpaired) electrons. The van der Waals surface area contributed by atoms with Gasteiger partial charge in [-0.15, -0.1) is 0 Å². The van der Waals surface area contributed by atoms with Crippen LogP contribution < -0.4 is 14.2 Å². The van der Waals surface area contributed by atoms with Crippen LogP contribution in [0.3, 0.4) is 0 Å². The van der Waals surface area contributed by atoms with Gasteiger partial charge in [0, 0.05) is 25.1 Å². The number of fused-ring (bicyclic) bond motifs is 1. The van der Waals surface area contributed by atoms with Gasteiger partial charge in [0.05, 0.1) is 30.8 Å². The van der Waals surface area contributed by atoms with E-state index in [1.54, 1.807) is 18.2 Å². The maximum absolute atomic E-state index is 13.2. The number of alkyl halides is 3. The number of esters is 3. The van der Waals surface area contributed by atoms with Crippen molar-refractivity contribution in [2.75, 3.05) is 26.4 Å². The Morgan fingerprint density at radius 1 is 0.831 bits per heavy atom. The Labute approximate surface area is 374 Å². The average molecular weight is 898 g/mol. The molecule has 1 heterocycles. The van der Waals surface area contributed by atoms with E-state index < -0.39 is 23.7 Å². The molecule has 0 saturated heterocycles. The van der Waals surface area contributed by atoms with Crippen LogP contribution in [-0.2, 0) is 46.3 Å². The zero-order valence-corrected chi connectivity index (χ0v) is 36.2. The highest BCUT2D eigenvalue weighted by Crippen LogP contribution is 2.35. The highest BCUT2D eigenvalue weighted by Gasteiger charge is 2.38. The summed E-state index contributed by atoms with van der Waals surface area (Å²) in [5.74, 6) is -2.11. The fraction of sp³-hybridized carbons (Fsp3) is 0.360. The second-order valence-corrected chi connectivity index (χ2v) is 16.0. The first kappa shape index (κ1) is 47.9. The monoisotopic (exact) mass is 897 g/mol. The van der Waals surface area contributed by atoms with E-state index in [1.165, 1.54) is 17.1 Å². The van der Waals surface area contributed by atoms with Crippen LogP contribution in [0.5, 0.6) is 17.2 Å². The first-order valence-electron chi connectivity index (χ1n) is 21.5. The Bertz CT molecular complexity index is 2470. The molecule has 2 amide bonds. The smallest absolute Gasteiger partial charge is 0.422 e. The van der Waals surface area contributed by atoms with Crippen LogP contribution in [0.4, 0.5) is 13.2 Å². The predicted molar refractivity (Wildman–Crippen MR) is 233 cm³/mol. The summed E-state index contributed by atoms with van der Waals surface area (Å²) < 4.78 is 65.5. The second kappa shape index (κ2) is 21.8. The average Bonchev–Trinajstić information content (AvgIpc) is 3.61. The number of rotatable bonds is 20. The van der Waals surface area contributed by atoms with Crippen molar-refractivity contribution < 1.29 is 65.6 Å². The molecule has 2 aliphatic rings. The number of amides is 2. The molecule has 4 aromatic rings. The maximum atomic E-state index is 13.2. The first-order valence-corrected chi connectivity index (χ1v) is 21.5. The van der Waals surface area contributed by atoms with Gasteiger partial charge in [-0.25, -0.2) is 4.79 Å². The van der Waals surface area contributed by atoms with Crippen LogP contribution in [0, 0.1) is 12.8 Å². The van der Waals surface area contributed by atoms with Crippen molar-refractivity contribution in [3.8, 4) is 28.4 Å². The molecule has 1 fully saturated rings. The molecule has 6 rings (SSSR count). The van der Waals surface area contributed by atoms with Crippen molar-refractivity contribution in [3.05, 3.63) is 113 Å². The Morgan fingerprint density at radius 3 is 2.25 bits per heavy atom. The van der Waals surface area contributed by atoms with Crippen molar-refractivity contribution in [2.24, 2.45) is 5.92 Å². The van der Waals surface area contributed by atoms with Gasteiger partial charge in [0.1, 0.15) is 29.4 Å². The summed E-state index contributed by atoms with van der Waals surface area (Å²) in [4.78, 5) is 74.8. The van der Waals surface area contributed by atoms with Gasteiger partial charge in [0.15, 0.2) is 6.29 Å². The second-order valence-electron chi connectivity index (χ2n) is 16.0. The van der Waals surface area contributed by atoms with E-state index in [0.717, 1.165) is 45.0 Å². The summed E-state index contributed by atoms with van der Waals surface area (Å²) in [6.07, 6.45) is 2.44. The minimum atomic E-state index is -4.86. The Morgan fingerprint density at radius 2 is 1.55 bits per heavy atom. The SMILES string of the molecule is C=C(C(=O)OCCOC1CCC(C(=O)Oc2ccc3cc(-c4cc(C=O)c(OC(=O)CCc5ccc(OCCCN6C(=O)C=CC6=O)c(C)c5)c(CCC)c4)ccc3c2)CC1)C(F)(F)F. The molecule has 0 atom stereocenters. The molecule has 1 aliphatic carbocycles. The van der Waals surface area contributed by atoms with Gasteiger partial charge >= 0.3 is 24.1 Å². The molecular weight excluding hydrogens is 848 g/mol. The summed E-state index contributed by atoms with van der Waals surface area (Å²) in [6.45, 7) is 6.77. The van der Waals surface area contributed by atoms with Crippen LogP contribution in [0.1, 0.15) is 78.9 Å². The quantitative estimate of drug-likeness (QED) is 0.0209. The Balaban J connectivity index is 0.997. The number of aldehydes is 1. The van der Waals surface area contributed by atoms with Gasteiger partial charge in [-0.1, -0.05) is 50.3 Å². The van der Waals surface area contributed by atoms with Gasteiger partial charge in [-0.05, 0) is 127 Å². The summed E-state index contributed by atoms with van der Waals surface area (Å²) in [6, 6.07) is 20.4. The van der Waals surface area contributed by atoms with E-state index >= 15 is 0 Å². The van der Waals surface area contributed by atoms with Crippen molar-refractivity contribution in [3.63, 3.8) is 0 Å². The largest absolute Gasteiger partial charge is 0.493 e. The zero-order valence-electron chi connectivity index (χ0n) is 36.2. The molecule has 0 bridgehead atoms. The Kier molecular flexibility index (Phi) is 16.1. The molecule has 0 spiro atoms. The minimum Gasteiger partial charge on any atom is -0.493 e. The number of halogens is 3. The highest BCUT2D eigenvalue weighted by atomic mass is 19.4. The molecule has 342 valence electrons. The van der Waals surface area contributed by atoms with Gasteiger partial charge in [0.2, 0.25) is 0 Å². The number of ether oxygens (including phenoxy) is 5. The van der Waals surface area contributed by atoms with E-state index in [9.17, 15) is 41.9 Å². The lowest BCUT2D eigenvalue weighted by Gasteiger charge is -2.27. The highest BCUT2D eigenvalue weighted by molar-refractivity contribution is 6.12. The molecule has 0 N–H and O–H groups in total. The van der Waals surface area contributed by atoms with Crippen LogP contribution in [0.15, 0.2) is 91.0 Å². The number of carbonyl (C=O) groups excluding carboxylic acids is 6. The van der Waals surface area contributed by atoms with Gasteiger partial charge in [-0.2, -0.15) is 13.2 Å². The van der Waals surface area contributed by atoms with E-state index in [1.807, 2.05) is 62.4 Å². The lowest BCUT2D eigenvalue weighted by molar-refractivity contribution is -0.153. The topological polar surface area (TPSA) is 152 Å². The molecule has 12 nitrogen and oxygen atoms in total. The van der Waals surface area contributed by atoms with E-state index in [4.69, 9.17) is 18.9 Å². The minimum absolute atomic E-state index is 0.0785. The van der Waals surface area contributed by atoms with E-state index in [-0.39, 0.29) is 67.3 Å². The molecule has 0 unspecified atom stereocenters. The van der Waals surface area contributed by atoms with Crippen LogP contribution in [0.25, 0.3) is 21.9 Å². The van der Waals surface area contributed by atoms with E-state index in [2.05, 4.69) is 11.3 Å². The summed E-state index contributed by atoms with van der Waals surface area (Å²) in [7, 11) is 0. The third-order valence-corrected chi connectivity index (χ3v) is 11.2. The number of nitrogens with zero attached hydrogens (tertiary/aromatic N) is 1. The van der Waals surface area contributed by atoms with Crippen molar-refractivity contribution in [2.45, 2.75) is 83.9 Å². The Hall–Kier alpha value is -6.61. The van der Waals surface area contributed by atoms with Crippen LogP contribution in [-0.4, -0.2) is 79.6 Å². The number of benzene rings is 4. The predicted octanol–water partition coefficient (Wildman–Crippen LogP) is 8.95. The number of hydrogen-bond acceptors (Lipinski definition) is 11. The third kappa shape index (κ3) is 12.8. The summed E-state index contributed by atoms with van der Waals surface area (Å²) in [5.41, 5.74) is 2.79.